The van der Waals surface area contributed by atoms with Crippen LogP contribution in [0.1, 0.15) is 37.7 Å². The maximum absolute atomic E-state index is 13.2. The fourth-order valence-electron chi connectivity index (χ4n) is 2.87. The van der Waals surface area contributed by atoms with E-state index in [0.717, 1.165) is 43.7 Å². The Morgan fingerprint density at radius 2 is 1.62 bits per heavy atom. The lowest BCUT2D eigenvalue weighted by Crippen LogP contribution is -2.26. The van der Waals surface area contributed by atoms with E-state index in [1.807, 2.05) is 0 Å². The summed E-state index contributed by atoms with van der Waals surface area (Å²) in [6.45, 7) is 0.568. The molecule has 0 heterocycles. The number of halogens is 2. The van der Waals surface area contributed by atoms with Crippen LogP contribution in [0.3, 0.4) is 0 Å². The van der Waals surface area contributed by atoms with Crippen LogP contribution in [0.15, 0.2) is 18.2 Å². The number of hydrogen-bond acceptors (Lipinski definition) is 1. The SMILES string of the molecule is NCCC1(c2cc(F)cc(F)c2)CCCC1. The normalized spacial score (nSPS) is 18.9. The second-order valence-corrected chi connectivity index (χ2v) is 4.68. The monoisotopic (exact) mass is 225 g/mol. The summed E-state index contributed by atoms with van der Waals surface area (Å²) in [7, 11) is 0. The summed E-state index contributed by atoms with van der Waals surface area (Å²) >= 11 is 0. The molecule has 0 unspecified atom stereocenters. The standard InChI is InChI=1S/C13H17F2N/c14-11-7-10(8-12(15)9-11)13(5-6-16)3-1-2-4-13/h7-9H,1-6,16H2. The Morgan fingerprint density at radius 3 is 2.12 bits per heavy atom. The molecule has 0 bridgehead atoms. The molecule has 0 spiro atoms. The molecule has 0 amide bonds. The second kappa shape index (κ2) is 4.50. The van der Waals surface area contributed by atoms with Gasteiger partial charge in [0.15, 0.2) is 0 Å². The van der Waals surface area contributed by atoms with E-state index in [1.165, 1.54) is 12.1 Å². The Hall–Kier alpha value is -0.960. The molecule has 16 heavy (non-hydrogen) atoms. The van der Waals surface area contributed by atoms with Gasteiger partial charge in [0.25, 0.3) is 0 Å². The van der Waals surface area contributed by atoms with Crippen LogP contribution in [0.25, 0.3) is 0 Å². The topological polar surface area (TPSA) is 26.0 Å². The van der Waals surface area contributed by atoms with E-state index in [0.29, 0.717) is 6.54 Å². The van der Waals surface area contributed by atoms with Crippen LogP contribution in [0, 0.1) is 11.6 Å². The zero-order valence-corrected chi connectivity index (χ0v) is 9.31. The molecule has 1 aliphatic carbocycles. The van der Waals surface area contributed by atoms with E-state index < -0.39 is 11.6 Å². The number of benzene rings is 1. The van der Waals surface area contributed by atoms with Crippen LogP contribution in [0.4, 0.5) is 8.78 Å². The highest BCUT2D eigenvalue weighted by molar-refractivity contribution is 5.28. The Labute approximate surface area is 94.7 Å². The molecule has 1 nitrogen and oxygen atoms in total. The third kappa shape index (κ3) is 2.09. The van der Waals surface area contributed by atoms with Crippen molar-refractivity contribution in [3.63, 3.8) is 0 Å². The number of hydrogen-bond donors (Lipinski definition) is 1. The maximum atomic E-state index is 13.2. The average Bonchev–Trinajstić information content (AvgIpc) is 2.66. The Morgan fingerprint density at radius 1 is 1.06 bits per heavy atom. The fraction of sp³-hybridized carbons (Fsp3) is 0.538. The minimum Gasteiger partial charge on any atom is -0.330 e. The lowest BCUT2D eigenvalue weighted by molar-refractivity contribution is 0.406. The predicted molar refractivity (Wildman–Crippen MR) is 60.2 cm³/mol. The first kappa shape index (κ1) is 11.5. The predicted octanol–water partition coefficient (Wildman–Crippen LogP) is 3.13. The molecule has 0 atom stereocenters. The quantitative estimate of drug-likeness (QED) is 0.840. The van der Waals surface area contributed by atoms with Gasteiger partial charge in [0.2, 0.25) is 0 Å². The summed E-state index contributed by atoms with van der Waals surface area (Å²) in [5, 5.41) is 0. The van der Waals surface area contributed by atoms with E-state index in [1.54, 1.807) is 0 Å². The van der Waals surface area contributed by atoms with Gasteiger partial charge in [-0.15, -0.1) is 0 Å². The molecule has 0 aromatic heterocycles. The molecule has 1 fully saturated rings. The zero-order valence-electron chi connectivity index (χ0n) is 9.31. The number of nitrogens with two attached hydrogens (primary N) is 1. The van der Waals surface area contributed by atoms with Gasteiger partial charge in [-0.25, -0.2) is 8.78 Å². The van der Waals surface area contributed by atoms with Crippen molar-refractivity contribution in [2.24, 2.45) is 5.73 Å². The van der Waals surface area contributed by atoms with Crippen molar-refractivity contribution in [2.45, 2.75) is 37.5 Å². The van der Waals surface area contributed by atoms with Gasteiger partial charge in [0.05, 0.1) is 0 Å². The van der Waals surface area contributed by atoms with Crippen LogP contribution in [-0.4, -0.2) is 6.54 Å². The van der Waals surface area contributed by atoms with E-state index >= 15 is 0 Å². The van der Waals surface area contributed by atoms with Gasteiger partial charge in [-0.3, -0.25) is 0 Å². The van der Waals surface area contributed by atoms with Crippen molar-refractivity contribution >= 4 is 0 Å². The Balaban J connectivity index is 2.38. The summed E-state index contributed by atoms with van der Waals surface area (Å²) in [6.07, 6.45) is 5.05. The van der Waals surface area contributed by atoms with Crippen LogP contribution in [0.5, 0.6) is 0 Å². The molecular weight excluding hydrogens is 208 g/mol. The van der Waals surface area contributed by atoms with Crippen molar-refractivity contribution in [1.29, 1.82) is 0 Å². The van der Waals surface area contributed by atoms with Gasteiger partial charge in [0.1, 0.15) is 11.6 Å². The van der Waals surface area contributed by atoms with E-state index in [-0.39, 0.29) is 5.41 Å². The maximum Gasteiger partial charge on any atom is 0.126 e. The Bertz CT molecular complexity index is 350. The first-order valence-corrected chi connectivity index (χ1v) is 5.83. The van der Waals surface area contributed by atoms with Crippen molar-refractivity contribution in [2.75, 3.05) is 6.54 Å². The van der Waals surface area contributed by atoms with Gasteiger partial charge >= 0.3 is 0 Å². The van der Waals surface area contributed by atoms with Gasteiger partial charge < -0.3 is 5.73 Å². The molecule has 2 N–H and O–H groups in total. The second-order valence-electron chi connectivity index (χ2n) is 4.68. The minimum absolute atomic E-state index is 0.0856. The molecule has 88 valence electrons. The largest absolute Gasteiger partial charge is 0.330 e. The van der Waals surface area contributed by atoms with Gasteiger partial charge in [-0.05, 0) is 48.9 Å². The molecule has 0 aliphatic heterocycles. The molecule has 0 radical (unpaired) electrons. The van der Waals surface area contributed by atoms with E-state index in [4.69, 9.17) is 5.73 Å². The molecule has 2 rings (SSSR count). The van der Waals surface area contributed by atoms with Gasteiger partial charge in [0, 0.05) is 6.07 Å². The first-order valence-electron chi connectivity index (χ1n) is 5.83. The third-order valence-electron chi connectivity index (χ3n) is 3.66. The molecule has 1 aromatic rings. The molecule has 1 aromatic carbocycles. The third-order valence-corrected chi connectivity index (χ3v) is 3.66. The highest BCUT2D eigenvalue weighted by atomic mass is 19.1. The smallest absolute Gasteiger partial charge is 0.126 e. The lowest BCUT2D eigenvalue weighted by Gasteiger charge is -2.29. The summed E-state index contributed by atoms with van der Waals surface area (Å²) in [5.74, 6) is -0.975. The van der Waals surface area contributed by atoms with Crippen molar-refractivity contribution in [1.82, 2.24) is 0 Å². The van der Waals surface area contributed by atoms with Crippen LogP contribution < -0.4 is 5.73 Å². The highest BCUT2D eigenvalue weighted by Crippen LogP contribution is 2.43. The molecule has 1 saturated carbocycles. The van der Waals surface area contributed by atoms with Crippen LogP contribution >= 0.6 is 0 Å². The minimum atomic E-state index is -0.488. The molecule has 3 heteroatoms. The summed E-state index contributed by atoms with van der Waals surface area (Å²) in [5.41, 5.74) is 6.32. The fourth-order valence-corrected chi connectivity index (χ4v) is 2.87. The van der Waals surface area contributed by atoms with Crippen molar-refractivity contribution < 1.29 is 8.78 Å². The van der Waals surface area contributed by atoms with Gasteiger partial charge in [-0.2, -0.15) is 0 Å². The first-order chi connectivity index (χ1) is 7.66. The zero-order chi connectivity index (χ0) is 11.6. The van der Waals surface area contributed by atoms with Crippen LogP contribution in [0.2, 0.25) is 0 Å². The van der Waals surface area contributed by atoms with Crippen molar-refractivity contribution in [3.8, 4) is 0 Å². The lowest BCUT2D eigenvalue weighted by atomic mass is 9.76. The summed E-state index contributed by atoms with van der Waals surface area (Å²) in [6, 6.07) is 3.85. The molecular formula is C13H17F2N. The average molecular weight is 225 g/mol. The number of rotatable bonds is 3. The molecule has 0 saturated heterocycles. The van der Waals surface area contributed by atoms with Gasteiger partial charge in [-0.1, -0.05) is 12.8 Å². The summed E-state index contributed by atoms with van der Waals surface area (Å²) in [4.78, 5) is 0. The van der Waals surface area contributed by atoms with Crippen molar-refractivity contribution in [3.05, 3.63) is 35.4 Å². The van der Waals surface area contributed by atoms with Crippen LogP contribution in [-0.2, 0) is 5.41 Å². The molecule has 1 aliphatic rings. The van der Waals surface area contributed by atoms with E-state index in [2.05, 4.69) is 0 Å². The van der Waals surface area contributed by atoms with E-state index in [9.17, 15) is 8.78 Å². The highest BCUT2D eigenvalue weighted by Gasteiger charge is 2.35. The summed E-state index contributed by atoms with van der Waals surface area (Å²) < 4.78 is 26.4. The Kier molecular flexibility index (Phi) is 3.24.